The molecule has 0 radical (unpaired) electrons. The largest absolute Gasteiger partial charge is 0.0836 e. The van der Waals surface area contributed by atoms with Gasteiger partial charge in [-0.05, 0) is 65.3 Å². The molecule has 4 rings (SSSR count). The van der Waals surface area contributed by atoms with E-state index < -0.39 is 0 Å². The number of hydrogen-bond acceptors (Lipinski definition) is 0. The molecular formula is C22H20. The third-order valence-electron chi connectivity index (χ3n) is 4.82. The van der Waals surface area contributed by atoms with Crippen LogP contribution in [-0.4, -0.2) is 0 Å². The molecule has 0 heteroatoms. The lowest BCUT2D eigenvalue weighted by atomic mass is 9.82. The lowest BCUT2D eigenvalue weighted by molar-refractivity contribution is 0.987. The molecule has 0 aliphatic heterocycles. The molecule has 22 heavy (non-hydrogen) atoms. The van der Waals surface area contributed by atoms with Gasteiger partial charge in [-0.25, -0.2) is 0 Å². The van der Waals surface area contributed by atoms with Crippen LogP contribution in [0.25, 0.3) is 28.0 Å². The molecule has 0 heterocycles. The average molecular weight is 284 g/mol. The normalized spacial score (nSPS) is 13.4. The lowest BCUT2D eigenvalue weighted by Crippen LogP contribution is -2.02. The molecule has 0 aromatic heterocycles. The Bertz CT molecular complexity index is 880. The Hall–Kier alpha value is -2.34. The van der Waals surface area contributed by atoms with Crippen LogP contribution in [0.2, 0.25) is 0 Å². The number of rotatable bonds is 1. The van der Waals surface area contributed by atoms with Gasteiger partial charge in [0, 0.05) is 0 Å². The van der Waals surface area contributed by atoms with Gasteiger partial charge in [0.1, 0.15) is 0 Å². The van der Waals surface area contributed by atoms with E-state index in [1.165, 1.54) is 44.2 Å². The van der Waals surface area contributed by atoms with Crippen LogP contribution in [0.3, 0.4) is 0 Å². The summed E-state index contributed by atoms with van der Waals surface area (Å²) in [5.41, 5.74) is 8.45. The predicted molar refractivity (Wildman–Crippen MR) is 96.2 cm³/mol. The molecule has 0 fully saturated rings. The van der Waals surface area contributed by atoms with E-state index in [0.717, 1.165) is 12.8 Å². The van der Waals surface area contributed by atoms with Crippen LogP contribution >= 0.6 is 0 Å². The lowest BCUT2D eigenvalue weighted by Gasteiger charge is -2.22. The molecule has 3 aromatic carbocycles. The summed E-state index contributed by atoms with van der Waals surface area (Å²) in [5, 5.41) is 2.77. The van der Waals surface area contributed by atoms with Crippen LogP contribution in [0, 0.1) is 13.8 Å². The summed E-state index contributed by atoms with van der Waals surface area (Å²) < 4.78 is 0. The summed E-state index contributed by atoms with van der Waals surface area (Å²) in [6, 6.07) is 17.8. The first kappa shape index (κ1) is 13.3. The van der Waals surface area contributed by atoms with E-state index in [4.69, 9.17) is 0 Å². The highest BCUT2D eigenvalue weighted by Crippen LogP contribution is 2.40. The second kappa shape index (κ2) is 5.14. The first-order valence-electron chi connectivity index (χ1n) is 8.03. The van der Waals surface area contributed by atoms with Gasteiger partial charge >= 0.3 is 0 Å². The molecule has 0 unspecified atom stereocenters. The quantitative estimate of drug-likeness (QED) is 0.507. The van der Waals surface area contributed by atoms with Gasteiger partial charge in [-0.3, -0.25) is 0 Å². The Morgan fingerprint density at radius 3 is 2.32 bits per heavy atom. The van der Waals surface area contributed by atoms with E-state index in [0.29, 0.717) is 0 Å². The van der Waals surface area contributed by atoms with Crippen molar-refractivity contribution in [2.45, 2.75) is 26.7 Å². The van der Waals surface area contributed by atoms with Crippen molar-refractivity contribution < 1.29 is 0 Å². The van der Waals surface area contributed by atoms with E-state index in [1.807, 2.05) is 0 Å². The SMILES string of the molecule is Cc1ccc(-c2c3c(c(C)c4ccccc24)C=CCC3)cc1. The second-order valence-electron chi connectivity index (χ2n) is 6.24. The molecule has 0 spiro atoms. The minimum absolute atomic E-state index is 1.14. The van der Waals surface area contributed by atoms with Crippen LogP contribution in [0.15, 0.2) is 54.6 Å². The topological polar surface area (TPSA) is 0 Å². The average Bonchev–Trinajstić information content (AvgIpc) is 2.57. The zero-order valence-corrected chi connectivity index (χ0v) is 13.2. The van der Waals surface area contributed by atoms with Crippen molar-refractivity contribution in [1.82, 2.24) is 0 Å². The fraction of sp³-hybridized carbons (Fsp3) is 0.182. The monoisotopic (exact) mass is 284 g/mol. The van der Waals surface area contributed by atoms with Crippen LogP contribution < -0.4 is 0 Å². The molecule has 0 nitrogen and oxygen atoms in total. The van der Waals surface area contributed by atoms with Gasteiger partial charge in [-0.15, -0.1) is 0 Å². The van der Waals surface area contributed by atoms with Crippen LogP contribution in [0.5, 0.6) is 0 Å². The van der Waals surface area contributed by atoms with Gasteiger partial charge in [0.05, 0.1) is 0 Å². The Balaban J connectivity index is 2.14. The molecule has 3 aromatic rings. The number of fused-ring (bicyclic) bond motifs is 2. The van der Waals surface area contributed by atoms with Gasteiger partial charge < -0.3 is 0 Å². The van der Waals surface area contributed by atoms with E-state index >= 15 is 0 Å². The summed E-state index contributed by atoms with van der Waals surface area (Å²) in [7, 11) is 0. The Labute approximate surface area is 132 Å². The highest BCUT2D eigenvalue weighted by atomic mass is 14.2. The number of allylic oxidation sites excluding steroid dienone is 1. The highest BCUT2D eigenvalue weighted by Gasteiger charge is 2.18. The van der Waals surface area contributed by atoms with Gasteiger partial charge in [-0.1, -0.05) is 66.2 Å². The van der Waals surface area contributed by atoms with Crippen molar-refractivity contribution in [2.75, 3.05) is 0 Å². The maximum Gasteiger partial charge on any atom is -0.00670 e. The molecule has 108 valence electrons. The van der Waals surface area contributed by atoms with Crippen molar-refractivity contribution in [1.29, 1.82) is 0 Å². The molecular weight excluding hydrogens is 264 g/mol. The summed E-state index contributed by atoms with van der Waals surface area (Å²) in [6.45, 7) is 4.41. The maximum absolute atomic E-state index is 2.32. The smallest absolute Gasteiger partial charge is 0.00670 e. The van der Waals surface area contributed by atoms with Gasteiger partial charge in [0.25, 0.3) is 0 Å². The number of benzene rings is 3. The molecule has 0 saturated carbocycles. The first-order chi connectivity index (χ1) is 10.8. The Morgan fingerprint density at radius 1 is 0.818 bits per heavy atom. The van der Waals surface area contributed by atoms with Crippen molar-refractivity contribution >= 4 is 16.8 Å². The summed E-state index contributed by atoms with van der Waals surface area (Å²) >= 11 is 0. The van der Waals surface area contributed by atoms with Crippen molar-refractivity contribution in [2.24, 2.45) is 0 Å². The Morgan fingerprint density at radius 2 is 1.55 bits per heavy atom. The Kier molecular flexibility index (Phi) is 3.11. The van der Waals surface area contributed by atoms with Crippen molar-refractivity contribution in [3.05, 3.63) is 76.9 Å². The standard InChI is InChI=1S/C22H20/c1-15-11-13-17(14-12-15)22-20-9-5-3-7-18(20)16(2)19-8-4-6-10-21(19)22/h3-5,7-9,11-14H,6,10H2,1-2H3. The minimum atomic E-state index is 1.14. The zero-order valence-electron chi connectivity index (χ0n) is 13.2. The number of aryl methyl sites for hydroxylation is 2. The third-order valence-corrected chi connectivity index (χ3v) is 4.82. The second-order valence-corrected chi connectivity index (χ2v) is 6.24. The first-order valence-corrected chi connectivity index (χ1v) is 8.03. The van der Waals surface area contributed by atoms with Gasteiger partial charge in [-0.2, -0.15) is 0 Å². The summed E-state index contributed by atoms with van der Waals surface area (Å²) in [4.78, 5) is 0. The maximum atomic E-state index is 2.32. The molecule has 0 atom stereocenters. The molecule has 1 aliphatic carbocycles. The van der Waals surface area contributed by atoms with E-state index in [1.54, 1.807) is 0 Å². The van der Waals surface area contributed by atoms with E-state index in [9.17, 15) is 0 Å². The molecule has 0 saturated heterocycles. The van der Waals surface area contributed by atoms with Crippen LogP contribution in [0.1, 0.15) is 28.7 Å². The molecule has 0 bridgehead atoms. The third kappa shape index (κ3) is 1.99. The highest BCUT2D eigenvalue weighted by molar-refractivity contribution is 6.02. The predicted octanol–water partition coefficient (Wildman–Crippen LogP) is 6.08. The fourth-order valence-corrected chi connectivity index (χ4v) is 3.66. The molecule has 0 N–H and O–H groups in total. The zero-order chi connectivity index (χ0) is 15.1. The minimum Gasteiger partial charge on any atom is -0.0836 e. The van der Waals surface area contributed by atoms with Crippen LogP contribution in [0.4, 0.5) is 0 Å². The fourth-order valence-electron chi connectivity index (χ4n) is 3.66. The van der Waals surface area contributed by atoms with E-state index in [-0.39, 0.29) is 0 Å². The molecule has 0 amide bonds. The van der Waals surface area contributed by atoms with Crippen LogP contribution in [-0.2, 0) is 6.42 Å². The molecule has 1 aliphatic rings. The summed E-state index contributed by atoms with van der Waals surface area (Å²) in [6.07, 6.45) is 6.91. The van der Waals surface area contributed by atoms with Gasteiger partial charge in [0.15, 0.2) is 0 Å². The number of hydrogen-bond donors (Lipinski definition) is 0. The van der Waals surface area contributed by atoms with Crippen molar-refractivity contribution in [3.63, 3.8) is 0 Å². The summed E-state index contributed by atoms with van der Waals surface area (Å²) in [5.74, 6) is 0. The van der Waals surface area contributed by atoms with Crippen molar-refractivity contribution in [3.8, 4) is 11.1 Å². The van der Waals surface area contributed by atoms with Gasteiger partial charge in [0.2, 0.25) is 0 Å². The van der Waals surface area contributed by atoms with E-state index in [2.05, 4.69) is 74.5 Å².